The van der Waals surface area contributed by atoms with Gasteiger partial charge in [-0.15, -0.1) is 0 Å². The topological polar surface area (TPSA) is 110 Å². The number of nitriles is 2. The summed E-state index contributed by atoms with van der Waals surface area (Å²) in [7, 11) is 1.19. The molecule has 0 amide bonds. The van der Waals surface area contributed by atoms with Gasteiger partial charge in [0.25, 0.3) is 0 Å². The molecule has 0 radical (unpaired) electrons. The minimum Gasteiger partial charge on any atom is -0.491 e. The first-order valence-electron chi connectivity index (χ1n) is 9.08. The molecule has 0 aliphatic rings. The summed E-state index contributed by atoms with van der Waals surface area (Å²) in [5.74, 6) is -0.808. The Labute approximate surface area is 182 Å². The average Bonchev–Trinajstić information content (AvgIpc) is 3.22. The summed E-state index contributed by atoms with van der Waals surface area (Å²) in [5, 5.41) is 21.9. The molecule has 168 valence electrons. The summed E-state index contributed by atoms with van der Waals surface area (Å²) < 4.78 is 56.9. The maximum Gasteiger partial charge on any atom is 0.417 e. The fourth-order valence-corrected chi connectivity index (χ4v) is 2.63. The molecule has 32 heavy (non-hydrogen) atoms. The van der Waals surface area contributed by atoms with Gasteiger partial charge < -0.3 is 14.2 Å². The molecule has 0 saturated carbocycles. The number of hydrogen-bond donors (Lipinski definition) is 0. The minimum atomic E-state index is -4.73. The zero-order valence-corrected chi connectivity index (χ0v) is 17.3. The largest absolute Gasteiger partial charge is 0.491 e. The summed E-state index contributed by atoms with van der Waals surface area (Å²) in [6, 6.07) is 6.42. The molecule has 0 aliphatic heterocycles. The Morgan fingerprint density at radius 1 is 1.28 bits per heavy atom. The highest BCUT2D eigenvalue weighted by Crippen LogP contribution is 2.34. The molecule has 2 aromatic rings. The smallest absolute Gasteiger partial charge is 0.417 e. The molecule has 0 aliphatic carbocycles. The third-order valence-corrected chi connectivity index (χ3v) is 4.29. The number of benzene rings is 1. The highest BCUT2D eigenvalue weighted by atomic mass is 19.4. The van der Waals surface area contributed by atoms with Crippen LogP contribution in [0, 0.1) is 22.7 Å². The van der Waals surface area contributed by atoms with Gasteiger partial charge in [-0.25, -0.2) is 4.79 Å². The lowest BCUT2D eigenvalue weighted by molar-refractivity contribution is -0.138. The molecule has 2 rings (SSSR count). The number of ether oxygens (including phenoxy) is 3. The molecule has 0 spiro atoms. The Bertz CT molecular complexity index is 1080. The van der Waals surface area contributed by atoms with E-state index in [0.29, 0.717) is 5.56 Å². The number of carbonyl (C=O) groups excluding carboxylic acids is 1. The van der Waals surface area contributed by atoms with Crippen molar-refractivity contribution in [3.63, 3.8) is 0 Å². The standard InChI is InChI=1S/C21H19F3N4O4/c1-14(19(29)30-3)11-32-20(2,12-28-10-15(7-25)9-27-28)13-31-17-5-4-16(8-26)18(6-17)21(22,23)24/h4-6,9-10H,1,11-13H2,2-3H3. The van der Waals surface area contributed by atoms with Crippen LogP contribution in [0.4, 0.5) is 13.2 Å². The number of carbonyl (C=O) groups is 1. The molecule has 11 heteroatoms. The lowest BCUT2D eigenvalue weighted by Gasteiger charge is -2.30. The summed E-state index contributed by atoms with van der Waals surface area (Å²) in [6.07, 6.45) is -1.93. The van der Waals surface area contributed by atoms with Gasteiger partial charge >= 0.3 is 12.1 Å². The lowest BCUT2D eigenvalue weighted by Crippen LogP contribution is -2.41. The number of aromatic nitrogens is 2. The second-order valence-electron chi connectivity index (χ2n) is 6.98. The van der Waals surface area contributed by atoms with Crippen molar-refractivity contribution in [1.82, 2.24) is 9.78 Å². The minimum absolute atomic E-state index is 0.0228. The van der Waals surface area contributed by atoms with Crippen molar-refractivity contribution in [3.8, 4) is 17.9 Å². The van der Waals surface area contributed by atoms with Crippen LogP contribution in [-0.2, 0) is 27.0 Å². The highest BCUT2D eigenvalue weighted by molar-refractivity contribution is 5.87. The van der Waals surface area contributed by atoms with E-state index in [4.69, 9.17) is 20.0 Å². The number of rotatable bonds is 9. The molecule has 0 saturated heterocycles. The maximum absolute atomic E-state index is 13.2. The van der Waals surface area contributed by atoms with Crippen LogP contribution >= 0.6 is 0 Å². The Balaban J connectivity index is 2.24. The predicted molar refractivity (Wildman–Crippen MR) is 104 cm³/mol. The third kappa shape index (κ3) is 6.33. The van der Waals surface area contributed by atoms with Crippen LogP contribution in [0.5, 0.6) is 5.75 Å². The first-order chi connectivity index (χ1) is 15.0. The normalized spacial score (nSPS) is 12.8. The molecule has 0 N–H and O–H groups in total. The van der Waals surface area contributed by atoms with Gasteiger partial charge in [0.1, 0.15) is 24.0 Å². The molecule has 1 unspecified atom stereocenters. The Hall–Kier alpha value is -3.83. The van der Waals surface area contributed by atoms with Gasteiger partial charge in [-0.1, -0.05) is 6.58 Å². The van der Waals surface area contributed by atoms with Gasteiger partial charge in [0, 0.05) is 6.20 Å². The fourth-order valence-electron chi connectivity index (χ4n) is 2.63. The maximum atomic E-state index is 13.2. The first-order valence-corrected chi connectivity index (χ1v) is 9.08. The van der Waals surface area contributed by atoms with Crippen LogP contribution in [-0.4, -0.2) is 41.7 Å². The van der Waals surface area contributed by atoms with Crippen LogP contribution in [0.15, 0.2) is 42.7 Å². The second-order valence-corrected chi connectivity index (χ2v) is 6.98. The van der Waals surface area contributed by atoms with Crippen molar-refractivity contribution >= 4 is 5.97 Å². The number of esters is 1. The molecular formula is C21H19F3N4O4. The van der Waals surface area contributed by atoms with Gasteiger partial charge in [-0.2, -0.15) is 28.8 Å². The molecule has 0 bridgehead atoms. The Kier molecular flexibility index (Phi) is 7.63. The summed E-state index contributed by atoms with van der Waals surface area (Å²) in [4.78, 5) is 11.6. The van der Waals surface area contributed by atoms with Gasteiger partial charge in [-0.3, -0.25) is 4.68 Å². The fraction of sp³-hybridized carbons (Fsp3) is 0.333. The second kappa shape index (κ2) is 9.98. The van der Waals surface area contributed by atoms with Gasteiger partial charge in [-0.05, 0) is 25.1 Å². The molecule has 1 heterocycles. The Morgan fingerprint density at radius 2 is 2.00 bits per heavy atom. The molecule has 1 atom stereocenters. The van der Waals surface area contributed by atoms with E-state index in [0.717, 1.165) is 12.1 Å². The highest BCUT2D eigenvalue weighted by Gasteiger charge is 2.35. The summed E-state index contributed by atoms with van der Waals surface area (Å²) >= 11 is 0. The van der Waals surface area contributed by atoms with E-state index >= 15 is 0 Å². The van der Waals surface area contributed by atoms with Crippen molar-refractivity contribution in [2.24, 2.45) is 0 Å². The zero-order chi connectivity index (χ0) is 23.9. The van der Waals surface area contributed by atoms with E-state index in [9.17, 15) is 18.0 Å². The molecular weight excluding hydrogens is 429 g/mol. The van der Waals surface area contributed by atoms with Crippen molar-refractivity contribution in [3.05, 3.63) is 59.4 Å². The number of hydrogen-bond acceptors (Lipinski definition) is 7. The van der Waals surface area contributed by atoms with E-state index in [1.54, 1.807) is 6.92 Å². The Morgan fingerprint density at radius 3 is 2.56 bits per heavy atom. The molecule has 0 fully saturated rings. The van der Waals surface area contributed by atoms with Crippen molar-refractivity contribution in [1.29, 1.82) is 10.5 Å². The van der Waals surface area contributed by atoms with Crippen LogP contribution in [0.25, 0.3) is 0 Å². The number of halogens is 3. The zero-order valence-electron chi connectivity index (χ0n) is 17.3. The van der Waals surface area contributed by atoms with Gasteiger partial charge in [0.05, 0.1) is 54.8 Å². The van der Waals surface area contributed by atoms with Gasteiger partial charge in [0.2, 0.25) is 0 Å². The van der Waals surface area contributed by atoms with E-state index < -0.39 is 28.9 Å². The van der Waals surface area contributed by atoms with Crippen molar-refractivity contribution in [2.45, 2.75) is 25.2 Å². The van der Waals surface area contributed by atoms with Gasteiger partial charge in [0.15, 0.2) is 0 Å². The number of nitrogens with zero attached hydrogens (tertiary/aromatic N) is 4. The number of alkyl halides is 3. The monoisotopic (exact) mass is 448 g/mol. The summed E-state index contributed by atoms with van der Waals surface area (Å²) in [6.45, 7) is 4.73. The quantitative estimate of drug-likeness (QED) is 0.428. The van der Waals surface area contributed by atoms with Crippen LogP contribution in [0.3, 0.4) is 0 Å². The molecule has 1 aromatic carbocycles. The lowest BCUT2D eigenvalue weighted by atomic mass is 10.1. The molecule has 1 aromatic heterocycles. The van der Waals surface area contributed by atoms with E-state index in [-0.39, 0.29) is 31.1 Å². The van der Waals surface area contributed by atoms with E-state index in [1.807, 2.05) is 6.07 Å². The SMILES string of the molecule is C=C(COC(C)(COc1ccc(C#N)c(C(F)(F)F)c1)Cn1cc(C#N)cn1)C(=O)OC. The van der Waals surface area contributed by atoms with Crippen molar-refractivity contribution in [2.75, 3.05) is 20.3 Å². The van der Waals surface area contributed by atoms with E-state index in [1.165, 1.54) is 36.3 Å². The van der Waals surface area contributed by atoms with Crippen LogP contribution in [0.2, 0.25) is 0 Å². The average molecular weight is 448 g/mol. The third-order valence-electron chi connectivity index (χ3n) is 4.29. The summed E-state index contributed by atoms with van der Waals surface area (Å²) in [5.41, 5.74) is -2.52. The van der Waals surface area contributed by atoms with E-state index in [2.05, 4.69) is 16.4 Å². The van der Waals surface area contributed by atoms with Crippen molar-refractivity contribution < 1.29 is 32.2 Å². The van der Waals surface area contributed by atoms with Crippen LogP contribution in [0.1, 0.15) is 23.6 Å². The first kappa shape index (κ1) is 24.4. The van der Waals surface area contributed by atoms with Crippen LogP contribution < -0.4 is 4.74 Å². The molecule has 8 nitrogen and oxygen atoms in total. The number of methoxy groups -OCH3 is 1. The predicted octanol–water partition coefficient (Wildman–Crippen LogP) is 3.23.